The molecule has 1 heterocycles. The van der Waals surface area contributed by atoms with Crippen LogP contribution >= 0.6 is 0 Å². The summed E-state index contributed by atoms with van der Waals surface area (Å²) in [4.78, 5) is 26.9. The number of halogens is 3. The molecule has 1 atom stereocenters. The first-order valence-corrected chi connectivity index (χ1v) is 11.6. The van der Waals surface area contributed by atoms with Crippen molar-refractivity contribution in [2.24, 2.45) is 5.73 Å². The third-order valence-corrected chi connectivity index (χ3v) is 6.49. The van der Waals surface area contributed by atoms with Crippen LogP contribution in [0.15, 0.2) is 47.4 Å². The van der Waals surface area contributed by atoms with Gasteiger partial charge in [-0.15, -0.1) is 0 Å². The highest BCUT2D eigenvalue weighted by atomic mass is 32.2. The first kappa shape index (κ1) is 24.6. The maximum atomic E-state index is 13.8. The number of carbonyl (C=O) groups is 2. The minimum absolute atomic E-state index is 0.0593. The van der Waals surface area contributed by atoms with Gasteiger partial charge in [0.2, 0.25) is 0 Å². The van der Waals surface area contributed by atoms with Gasteiger partial charge in [0.25, 0.3) is 11.8 Å². The fourth-order valence-electron chi connectivity index (χ4n) is 3.95. The monoisotopic (exact) mass is 480 g/mol. The molecule has 11 heteroatoms. The minimum Gasteiger partial charge on any atom is -0.612 e. The van der Waals surface area contributed by atoms with Gasteiger partial charge >= 0.3 is 6.18 Å². The summed E-state index contributed by atoms with van der Waals surface area (Å²) in [5.41, 5.74) is 4.30. The largest absolute Gasteiger partial charge is 0.612 e. The van der Waals surface area contributed by atoms with Crippen molar-refractivity contribution in [3.63, 3.8) is 0 Å². The molecule has 0 saturated carbocycles. The van der Waals surface area contributed by atoms with E-state index < -0.39 is 40.7 Å². The molecule has 176 valence electrons. The standard InChI is InChI=1S/C22H23F3N4O3S/c1-33(32)18-5-3-2-4-16(18)20(31)29-10-8-13(9-11-29)15-7-6-14(19(30)28-21(26)27)12-17(15)22(23,24)25/h2-7,12-13H,8-11H2,1H3,(H4,26,27,28,30). The third kappa shape index (κ3) is 5.66. The first-order valence-electron chi connectivity index (χ1n) is 10.1. The number of benzene rings is 2. The Bertz CT molecular complexity index is 1070. The number of hydrogen-bond acceptors (Lipinski definition) is 4. The second-order valence-corrected chi connectivity index (χ2v) is 9.03. The van der Waals surface area contributed by atoms with Crippen LogP contribution in [0.4, 0.5) is 13.2 Å². The van der Waals surface area contributed by atoms with Crippen molar-refractivity contribution in [3.05, 3.63) is 64.7 Å². The number of nitrogens with zero attached hydrogens (tertiary/aromatic N) is 1. The van der Waals surface area contributed by atoms with Crippen LogP contribution in [0.25, 0.3) is 0 Å². The molecule has 0 bridgehead atoms. The predicted octanol–water partition coefficient (Wildman–Crippen LogP) is 3.09. The molecule has 1 fully saturated rings. The van der Waals surface area contributed by atoms with Crippen LogP contribution in [0, 0.1) is 5.41 Å². The lowest BCUT2D eigenvalue weighted by Crippen LogP contribution is -2.39. The Morgan fingerprint density at radius 3 is 2.39 bits per heavy atom. The van der Waals surface area contributed by atoms with Gasteiger partial charge in [-0.1, -0.05) is 18.2 Å². The average Bonchev–Trinajstić information content (AvgIpc) is 2.77. The number of likely N-dealkylation sites (tertiary alicyclic amines) is 1. The van der Waals surface area contributed by atoms with Crippen molar-refractivity contribution >= 4 is 28.9 Å². The number of carbonyl (C=O) groups excluding carboxylic acids is 2. The Kier molecular flexibility index (Phi) is 7.33. The molecule has 7 nitrogen and oxygen atoms in total. The summed E-state index contributed by atoms with van der Waals surface area (Å²) in [7, 11) is 0. The van der Waals surface area contributed by atoms with Crippen molar-refractivity contribution < 1.29 is 27.3 Å². The molecule has 3 rings (SSSR count). The summed E-state index contributed by atoms with van der Waals surface area (Å²) >= 11 is -1.35. The van der Waals surface area contributed by atoms with E-state index in [-0.39, 0.29) is 30.1 Å². The van der Waals surface area contributed by atoms with E-state index >= 15 is 0 Å². The average molecular weight is 481 g/mol. The third-order valence-electron chi connectivity index (χ3n) is 5.52. The van der Waals surface area contributed by atoms with Crippen LogP contribution in [0.3, 0.4) is 0 Å². The van der Waals surface area contributed by atoms with Crippen molar-refractivity contribution in [1.82, 2.24) is 10.2 Å². The van der Waals surface area contributed by atoms with Gasteiger partial charge in [-0.3, -0.25) is 20.3 Å². The fraction of sp³-hybridized carbons (Fsp3) is 0.318. The highest BCUT2D eigenvalue weighted by Gasteiger charge is 2.37. The maximum absolute atomic E-state index is 13.8. The molecule has 1 aliphatic rings. The molecule has 0 spiro atoms. The zero-order chi connectivity index (χ0) is 24.3. The topological polar surface area (TPSA) is 122 Å². The number of amides is 2. The van der Waals surface area contributed by atoms with E-state index in [1.54, 1.807) is 29.2 Å². The molecule has 0 aromatic heterocycles. The van der Waals surface area contributed by atoms with E-state index in [4.69, 9.17) is 11.1 Å². The van der Waals surface area contributed by atoms with Gasteiger partial charge in [0, 0.05) is 18.7 Å². The number of piperidine rings is 1. The molecule has 1 aliphatic heterocycles. The van der Waals surface area contributed by atoms with E-state index in [2.05, 4.69) is 0 Å². The van der Waals surface area contributed by atoms with Crippen molar-refractivity contribution in [1.29, 1.82) is 5.41 Å². The van der Waals surface area contributed by atoms with E-state index in [0.29, 0.717) is 23.3 Å². The lowest BCUT2D eigenvalue weighted by Gasteiger charge is -2.33. The number of rotatable bonds is 4. The molecule has 2 aromatic carbocycles. The lowest BCUT2D eigenvalue weighted by molar-refractivity contribution is -0.138. The molecular weight excluding hydrogens is 457 g/mol. The van der Waals surface area contributed by atoms with Crippen molar-refractivity contribution in [3.8, 4) is 0 Å². The van der Waals surface area contributed by atoms with E-state index in [1.165, 1.54) is 18.4 Å². The van der Waals surface area contributed by atoms with Gasteiger partial charge < -0.3 is 15.2 Å². The molecule has 2 aromatic rings. The fourth-order valence-corrected chi connectivity index (χ4v) is 4.69. The zero-order valence-corrected chi connectivity index (χ0v) is 18.6. The molecular formula is C22H23F3N4O3S. The second kappa shape index (κ2) is 9.84. The smallest absolute Gasteiger partial charge is 0.416 e. The first-order chi connectivity index (χ1) is 15.5. The molecule has 1 saturated heterocycles. The SMILES string of the molecule is C[S+]([O-])c1ccccc1C(=O)N1CCC(c2ccc(C(=O)NC(=N)N)cc2C(F)(F)F)CC1. The van der Waals surface area contributed by atoms with Crippen LogP contribution in [0.1, 0.15) is 50.6 Å². The number of nitrogens with one attached hydrogen (secondary N) is 2. The Morgan fingerprint density at radius 2 is 1.82 bits per heavy atom. The zero-order valence-electron chi connectivity index (χ0n) is 17.7. The molecule has 2 amide bonds. The van der Waals surface area contributed by atoms with Crippen LogP contribution in [-0.2, 0) is 17.4 Å². The number of alkyl halides is 3. The van der Waals surface area contributed by atoms with Crippen LogP contribution < -0.4 is 11.1 Å². The van der Waals surface area contributed by atoms with Gasteiger partial charge in [0.05, 0.1) is 11.1 Å². The van der Waals surface area contributed by atoms with E-state index in [0.717, 1.165) is 6.07 Å². The Morgan fingerprint density at radius 1 is 1.18 bits per heavy atom. The molecule has 33 heavy (non-hydrogen) atoms. The quantitative estimate of drug-likeness (QED) is 0.354. The number of hydrogen-bond donors (Lipinski definition) is 3. The minimum atomic E-state index is -4.68. The number of guanidine groups is 1. The normalized spacial score (nSPS) is 15.7. The van der Waals surface area contributed by atoms with Gasteiger partial charge in [-0.05, 0) is 59.8 Å². The Balaban J connectivity index is 1.80. The van der Waals surface area contributed by atoms with E-state index in [9.17, 15) is 27.3 Å². The van der Waals surface area contributed by atoms with Crippen LogP contribution in [0.5, 0.6) is 0 Å². The molecule has 4 N–H and O–H groups in total. The second-order valence-electron chi connectivity index (χ2n) is 7.68. The summed E-state index contributed by atoms with van der Waals surface area (Å²) in [6, 6.07) is 9.89. The summed E-state index contributed by atoms with van der Waals surface area (Å²) < 4.78 is 53.2. The number of nitrogens with two attached hydrogens (primary N) is 1. The summed E-state index contributed by atoms with van der Waals surface area (Å²) in [6.45, 7) is 0.496. The van der Waals surface area contributed by atoms with Crippen LogP contribution in [0.2, 0.25) is 0 Å². The van der Waals surface area contributed by atoms with Gasteiger partial charge in [0.15, 0.2) is 10.9 Å². The van der Waals surface area contributed by atoms with E-state index in [1.807, 2.05) is 5.32 Å². The molecule has 0 aliphatic carbocycles. The summed E-state index contributed by atoms with van der Waals surface area (Å²) in [5.74, 6) is -2.31. The Labute approximate surface area is 191 Å². The lowest BCUT2D eigenvalue weighted by atomic mass is 9.85. The highest BCUT2D eigenvalue weighted by Crippen LogP contribution is 2.39. The molecule has 1 unspecified atom stereocenters. The van der Waals surface area contributed by atoms with Crippen LogP contribution in [-0.4, -0.2) is 46.6 Å². The van der Waals surface area contributed by atoms with Gasteiger partial charge in [0.1, 0.15) is 6.26 Å². The molecule has 0 radical (unpaired) electrons. The van der Waals surface area contributed by atoms with Gasteiger partial charge in [-0.2, -0.15) is 13.2 Å². The summed E-state index contributed by atoms with van der Waals surface area (Å²) in [6.07, 6.45) is -2.58. The van der Waals surface area contributed by atoms with Crippen molar-refractivity contribution in [2.75, 3.05) is 19.3 Å². The highest BCUT2D eigenvalue weighted by molar-refractivity contribution is 7.90. The maximum Gasteiger partial charge on any atom is 0.416 e. The summed E-state index contributed by atoms with van der Waals surface area (Å²) in [5, 5.41) is 9.05. The van der Waals surface area contributed by atoms with Gasteiger partial charge in [-0.25, -0.2) is 0 Å². The van der Waals surface area contributed by atoms with Crippen molar-refractivity contribution in [2.45, 2.75) is 29.8 Å². The Hall–Kier alpha value is -3.05. The predicted molar refractivity (Wildman–Crippen MR) is 117 cm³/mol.